The first-order valence-electron chi connectivity index (χ1n) is 6.52. The van der Waals surface area contributed by atoms with Crippen LogP contribution in [0, 0.1) is 11.3 Å². The molecular formula is C17H16N2OS. The third-order valence-corrected chi connectivity index (χ3v) is 3.91. The monoisotopic (exact) mass is 296 g/mol. The zero-order valence-electron chi connectivity index (χ0n) is 12.0. The van der Waals surface area contributed by atoms with E-state index >= 15 is 0 Å². The molecular weight excluding hydrogens is 280 g/mol. The second-order valence-corrected chi connectivity index (χ2v) is 5.58. The number of nitrogens with zero attached hydrogens (tertiary/aromatic N) is 2. The van der Waals surface area contributed by atoms with Crippen molar-refractivity contribution in [2.45, 2.75) is 11.4 Å². The number of rotatable bonds is 4. The predicted molar refractivity (Wildman–Crippen MR) is 85.2 cm³/mol. The summed E-state index contributed by atoms with van der Waals surface area (Å²) in [5, 5.41) is 8.89. The summed E-state index contributed by atoms with van der Waals surface area (Å²) >= 11 is 1.69. The number of hydrogen-bond donors (Lipinski definition) is 0. The lowest BCUT2D eigenvalue weighted by Crippen LogP contribution is -2.26. The lowest BCUT2D eigenvalue weighted by molar-refractivity contribution is 0.0785. The SMILES string of the molecule is CSc1ccc(CN(C)C(=O)c2cccc(C#N)c2)cc1. The first-order valence-corrected chi connectivity index (χ1v) is 7.75. The van der Waals surface area contributed by atoms with Gasteiger partial charge in [0.1, 0.15) is 0 Å². The van der Waals surface area contributed by atoms with Gasteiger partial charge in [-0.05, 0) is 42.2 Å². The van der Waals surface area contributed by atoms with Crippen LogP contribution >= 0.6 is 11.8 Å². The van der Waals surface area contributed by atoms with E-state index in [9.17, 15) is 4.79 Å². The summed E-state index contributed by atoms with van der Waals surface area (Å²) in [7, 11) is 1.77. The minimum atomic E-state index is -0.0824. The summed E-state index contributed by atoms with van der Waals surface area (Å²) < 4.78 is 0. The van der Waals surface area contributed by atoms with E-state index in [1.165, 1.54) is 4.90 Å². The normalized spacial score (nSPS) is 9.95. The highest BCUT2D eigenvalue weighted by Crippen LogP contribution is 2.16. The van der Waals surface area contributed by atoms with Crippen molar-refractivity contribution in [1.82, 2.24) is 4.90 Å². The number of amides is 1. The van der Waals surface area contributed by atoms with Gasteiger partial charge in [-0.15, -0.1) is 11.8 Å². The van der Waals surface area contributed by atoms with Crippen LogP contribution in [-0.4, -0.2) is 24.1 Å². The van der Waals surface area contributed by atoms with Crippen LogP contribution in [0.2, 0.25) is 0 Å². The van der Waals surface area contributed by atoms with E-state index in [2.05, 4.69) is 18.2 Å². The van der Waals surface area contributed by atoms with Gasteiger partial charge in [0.15, 0.2) is 0 Å². The van der Waals surface area contributed by atoms with Crippen LogP contribution in [0.3, 0.4) is 0 Å². The highest BCUT2D eigenvalue weighted by molar-refractivity contribution is 7.98. The third kappa shape index (κ3) is 3.87. The second-order valence-electron chi connectivity index (χ2n) is 4.70. The van der Waals surface area contributed by atoms with Crippen molar-refractivity contribution in [2.24, 2.45) is 0 Å². The van der Waals surface area contributed by atoms with Gasteiger partial charge in [0.25, 0.3) is 5.91 Å². The second kappa shape index (κ2) is 6.96. The Kier molecular flexibility index (Phi) is 5.02. The topological polar surface area (TPSA) is 44.1 Å². The van der Waals surface area contributed by atoms with Gasteiger partial charge >= 0.3 is 0 Å². The van der Waals surface area contributed by atoms with Gasteiger partial charge in [0, 0.05) is 24.1 Å². The average Bonchev–Trinajstić information content (AvgIpc) is 2.54. The molecule has 0 heterocycles. The van der Waals surface area contributed by atoms with Gasteiger partial charge in [0.05, 0.1) is 11.6 Å². The summed E-state index contributed by atoms with van der Waals surface area (Å²) in [4.78, 5) is 15.2. The molecule has 0 saturated heterocycles. The lowest BCUT2D eigenvalue weighted by atomic mass is 10.1. The molecule has 0 aliphatic carbocycles. The molecule has 0 spiro atoms. The van der Waals surface area contributed by atoms with E-state index in [-0.39, 0.29) is 5.91 Å². The van der Waals surface area contributed by atoms with Crippen LogP contribution < -0.4 is 0 Å². The lowest BCUT2D eigenvalue weighted by Gasteiger charge is -2.17. The maximum absolute atomic E-state index is 12.4. The molecule has 3 nitrogen and oxygen atoms in total. The molecule has 0 aliphatic rings. The minimum Gasteiger partial charge on any atom is -0.337 e. The molecule has 0 atom stereocenters. The first-order chi connectivity index (χ1) is 10.1. The number of hydrogen-bond acceptors (Lipinski definition) is 3. The first kappa shape index (κ1) is 15.1. The van der Waals surface area contributed by atoms with Crippen LogP contribution in [0.1, 0.15) is 21.5 Å². The van der Waals surface area contributed by atoms with Gasteiger partial charge < -0.3 is 4.90 Å². The van der Waals surface area contributed by atoms with Crippen molar-refractivity contribution in [3.63, 3.8) is 0 Å². The standard InChI is InChI=1S/C17H16N2OS/c1-19(12-13-6-8-16(21-2)9-7-13)17(20)15-5-3-4-14(10-15)11-18/h3-10H,12H2,1-2H3. The largest absolute Gasteiger partial charge is 0.337 e. The number of benzene rings is 2. The molecule has 0 N–H and O–H groups in total. The molecule has 0 unspecified atom stereocenters. The van der Waals surface area contributed by atoms with Crippen LogP contribution in [0.15, 0.2) is 53.4 Å². The Morgan fingerprint density at radius 1 is 1.24 bits per heavy atom. The van der Waals surface area contributed by atoms with Crippen molar-refractivity contribution in [3.8, 4) is 6.07 Å². The maximum atomic E-state index is 12.4. The molecule has 2 rings (SSSR count). The molecule has 0 saturated carbocycles. The Labute approximate surface area is 129 Å². The van der Waals surface area contributed by atoms with E-state index in [4.69, 9.17) is 5.26 Å². The summed E-state index contributed by atoms with van der Waals surface area (Å²) in [5.74, 6) is -0.0824. The summed E-state index contributed by atoms with van der Waals surface area (Å²) in [6.45, 7) is 0.546. The van der Waals surface area contributed by atoms with E-state index in [0.717, 1.165) is 5.56 Å². The van der Waals surface area contributed by atoms with Crippen molar-refractivity contribution < 1.29 is 4.79 Å². The predicted octanol–water partition coefficient (Wildman–Crippen LogP) is 3.55. The summed E-state index contributed by atoms with van der Waals surface area (Å²) in [5.41, 5.74) is 2.12. The molecule has 0 bridgehead atoms. The molecule has 0 radical (unpaired) electrons. The minimum absolute atomic E-state index is 0.0824. The number of nitriles is 1. The Bertz CT molecular complexity index is 674. The molecule has 2 aromatic carbocycles. The zero-order valence-corrected chi connectivity index (χ0v) is 12.9. The molecule has 4 heteroatoms. The number of carbonyl (C=O) groups is 1. The highest BCUT2D eigenvalue weighted by atomic mass is 32.2. The number of thioether (sulfide) groups is 1. The van der Waals surface area contributed by atoms with E-state index in [1.807, 2.05) is 18.4 Å². The molecule has 1 amide bonds. The smallest absolute Gasteiger partial charge is 0.253 e. The molecule has 2 aromatic rings. The quantitative estimate of drug-likeness (QED) is 0.810. The Morgan fingerprint density at radius 2 is 1.95 bits per heavy atom. The Balaban J connectivity index is 2.09. The zero-order chi connectivity index (χ0) is 15.2. The van der Waals surface area contributed by atoms with Crippen molar-refractivity contribution in [2.75, 3.05) is 13.3 Å². The molecule has 0 aliphatic heterocycles. The average molecular weight is 296 g/mol. The summed E-state index contributed by atoms with van der Waals surface area (Å²) in [6.07, 6.45) is 2.03. The fourth-order valence-electron chi connectivity index (χ4n) is 2.02. The highest BCUT2D eigenvalue weighted by Gasteiger charge is 2.12. The molecule has 21 heavy (non-hydrogen) atoms. The van der Waals surface area contributed by atoms with Gasteiger partial charge in [-0.25, -0.2) is 0 Å². The molecule has 0 aromatic heterocycles. The van der Waals surface area contributed by atoms with E-state index in [0.29, 0.717) is 17.7 Å². The van der Waals surface area contributed by atoms with Gasteiger partial charge in [0.2, 0.25) is 0 Å². The van der Waals surface area contributed by atoms with Crippen molar-refractivity contribution >= 4 is 17.7 Å². The fraction of sp³-hybridized carbons (Fsp3) is 0.176. The van der Waals surface area contributed by atoms with Gasteiger partial charge in [-0.1, -0.05) is 18.2 Å². The van der Waals surface area contributed by atoms with Crippen LogP contribution in [0.25, 0.3) is 0 Å². The Morgan fingerprint density at radius 3 is 2.57 bits per heavy atom. The van der Waals surface area contributed by atoms with Gasteiger partial charge in [-0.2, -0.15) is 5.26 Å². The maximum Gasteiger partial charge on any atom is 0.253 e. The molecule has 106 valence electrons. The van der Waals surface area contributed by atoms with E-state index in [1.54, 1.807) is 48.0 Å². The van der Waals surface area contributed by atoms with Crippen molar-refractivity contribution in [1.29, 1.82) is 5.26 Å². The van der Waals surface area contributed by atoms with Gasteiger partial charge in [-0.3, -0.25) is 4.79 Å². The van der Waals surface area contributed by atoms with Crippen molar-refractivity contribution in [3.05, 3.63) is 65.2 Å². The van der Waals surface area contributed by atoms with Crippen LogP contribution in [-0.2, 0) is 6.54 Å². The van der Waals surface area contributed by atoms with Crippen LogP contribution in [0.5, 0.6) is 0 Å². The number of carbonyl (C=O) groups excluding carboxylic acids is 1. The summed E-state index contributed by atoms with van der Waals surface area (Å²) in [6, 6.07) is 17.0. The fourth-order valence-corrected chi connectivity index (χ4v) is 2.43. The van der Waals surface area contributed by atoms with E-state index < -0.39 is 0 Å². The molecule has 0 fully saturated rings. The van der Waals surface area contributed by atoms with Crippen LogP contribution in [0.4, 0.5) is 0 Å². The third-order valence-electron chi connectivity index (χ3n) is 3.16. The Hall–Kier alpha value is -2.25.